The molecule has 2 unspecified atom stereocenters. The Kier molecular flexibility index (Phi) is 11.0. The highest BCUT2D eigenvalue weighted by Gasteiger charge is 2.73. The number of benzene rings is 2. The Morgan fingerprint density at radius 3 is 1.72 bits per heavy atom. The SMILES string of the molecule is COC(=O)NC(C(=O)N1[C@@H]2C[C@@H]2C[C@H]1C1=NC(c2ccc(-c3ccc(-c4nc([C@@H]5C[C@@H](C)[C@@H](C)N5C(=O)C(NC(=O)OC)[C@@H]5C[C@@H]6[C@H](C5)C6(F)F)[nH]c4Cl)cc3)cc2)=C(C)C1)[C@@H]1C[C@@H]2[C@H](C1)C2(F)F. The number of aliphatic imine (C=N–C) groups is 1. The number of amides is 4. The lowest BCUT2D eigenvalue weighted by Crippen LogP contribution is -2.55. The zero-order chi connectivity index (χ0) is 48.6. The van der Waals surface area contributed by atoms with E-state index >= 15 is 0 Å². The summed E-state index contributed by atoms with van der Waals surface area (Å²) in [4.78, 5) is 70.6. The number of aromatic nitrogens is 2. The van der Waals surface area contributed by atoms with Crippen molar-refractivity contribution in [2.24, 2.45) is 52.3 Å². The van der Waals surface area contributed by atoms with Crippen molar-refractivity contribution in [3.8, 4) is 22.4 Å². The van der Waals surface area contributed by atoms with Gasteiger partial charge in [-0.25, -0.2) is 32.1 Å². The zero-order valence-electron chi connectivity index (χ0n) is 39.0. The first-order chi connectivity index (χ1) is 32.9. The predicted molar refractivity (Wildman–Crippen MR) is 247 cm³/mol. The van der Waals surface area contributed by atoms with Crippen LogP contribution in [0.15, 0.2) is 59.1 Å². The molecule has 366 valence electrons. The van der Waals surface area contributed by atoms with Crippen LogP contribution in [0.1, 0.15) is 89.6 Å². The van der Waals surface area contributed by atoms with Gasteiger partial charge in [-0.2, -0.15) is 0 Å². The van der Waals surface area contributed by atoms with Gasteiger partial charge in [0, 0.05) is 59.0 Å². The molecule has 69 heavy (non-hydrogen) atoms. The maximum atomic E-state index is 14.4. The summed E-state index contributed by atoms with van der Waals surface area (Å²) in [5.41, 5.74) is 6.97. The summed E-state index contributed by atoms with van der Waals surface area (Å²) in [5.74, 6) is -8.95. The van der Waals surface area contributed by atoms with Crippen LogP contribution >= 0.6 is 11.6 Å². The molecular weight excluding hydrogens is 918 g/mol. The first kappa shape index (κ1) is 46.0. The molecule has 2 aromatic carbocycles. The number of piperidine rings is 1. The van der Waals surface area contributed by atoms with Crippen LogP contribution in [-0.4, -0.2) is 106 Å². The molecule has 3 aromatic rings. The largest absolute Gasteiger partial charge is 0.453 e. The molecule has 2 saturated heterocycles. The van der Waals surface area contributed by atoms with E-state index in [2.05, 4.69) is 15.6 Å². The molecule has 0 radical (unpaired) electrons. The molecule has 8 aliphatic rings. The smallest absolute Gasteiger partial charge is 0.407 e. The van der Waals surface area contributed by atoms with Gasteiger partial charge < -0.3 is 34.9 Å². The molecule has 0 bridgehead atoms. The third-order valence-electron chi connectivity index (χ3n) is 17.3. The second-order valence-corrected chi connectivity index (χ2v) is 21.5. The van der Waals surface area contributed by atoms with Crippen molar-refractivity contribution < 1.29 is 46.2 Å². The molecule has 11 rings (SSSR count). The van der Waals surface area contributed by atoms with Crippen molar-refractivity contribution in [2.75, 3.05) is 14.2 Å². The van der Waals surface area contributed by atoms with Crippen LogP contribution in [-0.2, 0) is 19.1 Å². The first-order valence-electron chi connectivity index (χ1n) is 24.2. The number of aromatic amines is 1. The van der Waals surface area contributed by atoms with Crippen LogP contribution in [0.4, 0.5) is 27.2 Å². The number of alkyl halides is 4. The average Bonchev–Trinajstić information content (AvgIpc) is 3.82. The van der Waals surface area contributed by atoms with E-state index in [1.54, 1.807) is 4.90 Å². The van der Waals surface area contributed by atoms with Gasteiger partial charge in [0.1, 0.15) is 28.8 Å². The second kappa shape index (κ2) is 16.6. The van der Waals surface area contributed by atoms with Crippen molar-refractivity contribution >= 4 is 47.0 Å². The maximum Gasteiger partial charge on any atom is 0.407 e. The molecular formula is C51H56ClF4N7O6. The molecule has 3 aliphatic heterocycles. The first-order valence-corrected chi connectivity index (χ1v) is 24.6. The highest BCUT2D eigenvalue weighted by molar-refractivity contribution is 6.32. The topological polar surface area (TPSA) is 158 Å². The summed E-state index contributed by atoms with van der Waals surface area (Å²) in [6.07, 6.45) is 1.98. The summed E-state index contributed by atoms with van der Waals surface area (Å²) in [6.45, 7) is 6.03. The number of imidazole rings is 1. The van der Waals surface area contributed by atoms with E-state index in [9.17, 15) is 36.7 Å². The molecule has 14 atom stereocenters. The molecule has 18 heteroatoms. The summed E-state index contributed by atoms with van der Waals surface area (Å²) in [5, 5.41) is 5.71. The van der Waals surface area contributed by atoms with Crippen molar-refractivity contribution in [1.82, 2.24) is 30.4 Å². The van der Waals surface area contributed by atoms with Crippen LogP contribution in [0.5, 0.6) is 0 Å². The summed E-state index contributed by atoms with van der Waals surface area (Å²) < 4.78 is 66.4. The number of hydrogen-bond acceptors (Lipinski definition) is 8. The van der Waals surface area contributed by atoms with Gasteiger partial charge in [-0.05, 0) is 99.2 Å². The van der Waals surface area contributed by atoms with Crippen molar-refractivity contribution in [3.05, 3.63) is 70.6 Å². The van der Waals surface area contributed by atoms with E-state index in [0.717, 1.165) is 52.1 Å². The van der Waals surface area contributed by atoms with Crippen LogP contribution in [0.25, 0.3) is 28.1 Å². The van der Waals surface area contributed by atoms with Gasteiger partial charge in [0.25, 0.3) is 11.8 Å². The van der Waals surface area contributed by atoms with Gasteiger partial charge in [0.2, 0.25) is 11.8 Å². The van der Waals surface area contributed by atoms with Crippen LogP contribution in [0, 0.1) is 47.3 Å². The second-order valence-electron chi connectivity index (χ2n) is 21.1. The van der Waals surface area contributed by atoms with Gasteiger partial charge in [0.05, 0.1) is 32.0 Å². The number of ether oxygens (including phenoxy) is 2. The fourth-order valence-electron chi connectivity index (χ4n) is 13.1. The number of nitrogens with zero attached hydrogens (tertiary/aromatic N) is 4. The number of carbonyl (C=O) groups excluding carboxylic acids is 4. The van der Waals surface area contributed by atoms with Gasteiger partial charge >= 0.3 is 12.2 Å². The van der Waals surface area contributed by atoms with E-state index in [1.165, 1.54) is 14.2 Å². The van der Waals surface area contributed by atoms with Gasteiger partial charge in [0.15, 0.2) is 0 Å². The highest BCUT2D eigenvalue weighted by atomic mass is 35.5. The Morgan fingerprint density at radius 1 is 0.710 bits per heavy atom. The molecule has 1 aromatic heterocycles. The number of rotatable bonds is 11. The number of nitrogens with one attached hydrogen (secondary N) is 3. The highest BCUT2D eigenvalue weighted by Crippen LogP contribution is 2.67. The van der Waals surface area contributed by atoms with Gasteiger partial charge in [-0.1, -0.05) is 67.1 Å². The Morgan fingerprint density at radius 2 is 1.20 bits per heavy atom. The monoisotopic (exact) mass is 973 g/mol. The minimum Gasteiger partial charge on any atom is -0.453 e. The average molecular weight is 974 g/mol. The molecule has 5 saturated carbocycles. The summed E-state index contributed by atoms with van der Waals surface area (Å²) in [7, 11) is 2.44. The van der Waals surface area contributed by atoms with Crippen molar-refractivity contribution in [3.63, 3.8) is 0 Å². The minimum absolute atomic E-state index is 0.0401. The summed E-state index contributed by atoms with van der Waals surface area (Å²) in [6, 6.07) is 13.1. The molecule has 4 heterocycles. The van der Waals surface area contributed by atoms with Crippen LogP contribution < -0.4 is 10.6 Å². The number of carbonyl (C=O) groups is 4. The summed E-state index contributed by atoms with van der Waals surface area (Å²) >= 11 is 6.83. The Balaban J connectivity index is 0.771. The maximum absolute atomic E-state index is 14.4. The molecule has 4 amide bonds. The lowest BCUT2D eigenvalue weighted by atomic mass is 9.91. The number of halogens is 5. The quantitative estimate of drug-likeness (QED) is 0.162. The number of likely N-dealkylation sites (tertiary alicyclic amines) is 2. The number of hydrogen-bond donors (Lipinski definition) is 3. The molecule has 0 spiro atoms. The number of methoxy groups -OCH3 is 2. The number of alkyl carbamates (subject to hydrolysis) is 2. The predicted octanol–water partition coefficient (Wildman–Crippen LogP) is 9.29. The van der Waals surface area contributed by atoms with Crippen LogP contribution in [0.3, 0.4) is 0 Å². The molecule has 13 nitrogen and oxygen atoms in total. The number of fused-ring (bicyclic) bond motifs is 3. The van der Waals surface area contributed by atoms with E-state index in [4.69, 9.17) is 31.1 Å². The Bertz CT molecular complexity index is 2650. The van der Waals surface area contributed by atoms with Gasteiger partial charge in [-0.15, -0.1) is 0 Å². The Labute approximate surface area is 402 Å². The zero-order valence-corrected chi connectivity index (χ0v) is 39.7. The third kappa shape index (κ3) is 7.70. The van der Waals surface area contributed by atoms with Crippen molar-refractivity contribution in [1.29, 1.82) is 0 Å². The fraction of sp³-hybridized carbons (Fsp3) is 0.569. The number of H-pyrrole nitrogens is 1. The van der Waals surface area contributed by atoms with Crippen molar-refractivity contribution in [2.45, 2.75) is 120 Å². The number of allylic oxidation sites excluding steroid dienone is 1. The molecule has 5 aliphatic carbocycles. The molecule has 7 fully saturated rings. The normalized spacial score (nSPS) is 33.8. The van der Waals surface area contributed by atoms with Crippen LogP contribution in [0.2, 0.25) is 5.15 Å². The molecule has 3 N–H and O–H groups in total. The van der Waals surface area contributed by atoms with E-state index in [0.29, 0.717) is 35.4 Å². The van der Waals surface area contributed by atoms with E-state index in [1.807, 2.05) is 74.2 Å². The van der Waals surface area contributed by atoms with E-state index < -0.39 is 71.7 Å². The standard InChI is InChI=1S/C51H56ClF4N7O6/c1-22-15-39(62(24(22)3)46(64)42(59-48(66)68-4)30-16-32-33(17-30)50(32,53)54)45-58-41(44(52)61-45)28-12-8-26(9-13-28)25-6-10-27(11-7-25)40-23(2)14-36(57-40)38-21-29-20-37(29)63(38)47(65)43(60-49(67)69-5)31-18-34-35(19-31)51(34,55)56/h6-13,22,24,29-35,37-39,42-43H,14-21H2,1-5H3,(H,58,61)(H,59,66)(H,60,67)/t22-,24-,29-,30-,31-,32-,33+,34-,35+,37-,38+,39+,42?,43?/m1/s1. The lowest BCUT2D eigenvalue weighted by molar-refractivity contribution is -0.138. The lowest BCUT2D eigenvalue weighted by Gasteiger charge is -2.34. The van der Waals surface area contributed by atoms with Gasteiger partial charge in [-0.3, -0.25) is 14.6 Å². The Hall–Kier alpha value is -5.45. The third-order valence-corrected chi connectivity index (χ3v) is 17.6. The fourth-order valence-corrected chi connectivity index (χ4v) is 13.3. The van der Waals surface area contributed by atoms with E-state index in [-0.39, 0.29) is 67.5 Å². The minimum atomic E-state index is -2.72.